The Balaban J connectivity index is 2.21. The Morgan fingerprint density at radius 1 is 1.29 bits per heavy atom. The minimum atomic E-state index is 0.348. The van der Waals surface area contributed by atoms with Crippen LogP contribution in [0.2, 0.25) is 0 Å². The van der Waals surface area contributed by atoms with Gasteiger partial charge in [0.05, 0.1) is 6.61 Å². The normalized spacial score (nSPS) is 22.2. The molecular weight excluding hydrogens is 262 g/mol. The molecule has 1 aliphatic rings. The van der Waals surface area contributed by atoms with E-state index in [9.17, 15) is 0 Å². The second-order valence-corrected chi connectivity index (χ2v) is 6.63. The first kappa shape index (κ1) is 16.3. The molecule has 0 spiro atoms. The third kappa shape index (κ3) is 3.78. The molecule has 2 atom stereocenters. The van der Waals surface area contributed by atoms with Crippen molar-refractivity contribution < 1.29 is 9.47 Å². The third-order valence-electron chi connectivity index (χ3n) is 4.85. The lowest BCUT2D eigenvalue weighted by atomic mass is 9.75. The molecule has 1 aromatic rings. The van der Waals surface area contributed by atoms with Crippen molar-refractivity contribution >= 4 is 0 Å². The van der Waals surface area contributed by atoms with E-state index in [1.807, 2.05) is 6.07 Å². The van der Waals surface area contributed by atoms with Gasteiger partial charge in [0.25, 0.3) is 0 Å². The fraction of sp³-hybridized carbons (Fsp3) is 0.667. The van der Waals surface area contributed by atoms with E-state index in [4.69, 9.17) is 9.47 Å². The predicted molar refractivity (Wildman–Crippen MR) is 86.7 cm³/mol. The van der Waals surface area contributed by atoms with Gasteiger partial charge < -0.3 is 14.8 Å². The van der Waals surface area contributed by atoms with Crippen LogP contribution in [0.5, 0.6) is 5.75 Å². The Labute approximate surface area is 129 Å². The molecule has 1 saturated carbocycles. The second kappa shape index (κ2) is 7.28. The number of rotatable bonds is 7. The molecule has 0 saturated heterocycles. The fourth-order valence-electron chi connectivity index (χ4n) is 3.65. The first-order chi connectivity index (χ1) is 10.1. The zero-order chi connectivity index (χ0) is 15.3. The van der Waals surface area contributed by atoms with E-state index in [0.717, 1.165) is 5.75 Å². The van der Waals surface area contributed by atoms with Crippen LogP contribution in [0.3, 0.4) is 0 Å². The van der Waals surface area contributed by atoms with Crippen LogP contribution in [0.15, 0.2) is 24.3 Å². The molecule has 0 aliphatic heterocycles. The van der Waals surface area contributed by atoms with Crippen molar-refractivity contribution in [3.05, 3.63) is 29.8 Å². The SMILES string of the molecule is CNC(c1ccccc1OCCOC)C1CCCC1(C)C. The zero-order valence-electron chi connectivity index (χ0n) is 13.8. The Morgan fingerprint density at radius 2 is 2.05 bits per heavy atom. The van der Waals surface area contributed by atoms with Crippen LogP contribution in [0.25, 0.3) is 0 Å². The van der Waals surface area contributed by atoms with Gasteiger partial charge >= 0.3 is 0 Å². The summed E-state index contributed by atoms with van der Waals surface area (Å²) in [7, 11) is 3.76. The third-order valence-corrected chi connectivity index (χ3v) is 4.85. The summed E-state index contributed by atoms with van der Waals surface area (Å²) >= 11 is 0. The van der Waals surface area contributed by atoms with E-state index in [1.165, 1.54) is 24.8 Å². The summed E-state index contributed by atoms with van der Waals surface area (Å²) in [5, 5.41) is 3.54. The quantitative estimate of drug-likeness (QED) is 0.775. The van der Waals surface area contributed by atoms with Crippen molar-refractivity contribution in [2.24, 2.45) is 11.3 Å². The number of nitrogens with one attached hydrogen (secondary N) is 1. The number of benzene rings is 1. The van der Waals surface area contributed by atoms with Crippen LogP contribution in [0.1, 0.15) is 44.7 Å². The average molecular weight is 291 g/mol. The van der Waals surface area contributed by atoms with E-state index >= 15 is 0 Å². The van der Waals surface area contributed by atoms with Crippen molar-refractivity contribution in [1.82, 2.24) is 5.32 Å². The van der Waals surface area contributed by atoms with Gasteiger partial charge in [-0.15, -0.1) is 0 Å². The van der Waals surface area contributed by atoms with Crippen molar-refractivity contribution in [3.63, 3.8) is 0 Å². The summed E-state index contributed by atoms with van der Waals surface area (Å²) in [6.45, 7) is 6.00. The van der Waals surface area contributed by atoms with E-state index in [-0.39, 0.29) is 0 Å². The van der Waals surface area contributed by atoms with Gasteiger partial charge in [-0.2, -0.15) is 0 Å². The number of hydrogen-bond donors (Lipinski definition) is 1. The summed E-state index contributed by atoms with van der Waals surface area (Å²) in [6.07, 6.45) is 3.91. The van der Waals surface area contributed by atoms with Gasteiger partial charge in [0.2, 0.25) is 0 Å². The van der Waals surface area contributed by atoms with E-state index in [1.54, 1.807) is 7.11 Å². The van der Waals surface area contributed by atoms with Crippen molar-refractivity contribution in [2.75, 3.05) is 27.4 Å². The Kier molecular flexibility index (Phi) is 5.65. The average Bonchev–Trinajstić information content (AvgIpc) is 2.81. The molecule has 0 aromatic heterocycles. The van der Waals surface area contributed by atoms with Gasteiger partial charge in [0, 0.05) is 18.7 Å². The minimum Gasteiger partial charge on any atom is -0.491 e. The van der Waals surface area contributed by atoms with Crippen molar-refractivity contribution in [2.45, 2.75) is 39.2 Å². The van der Waals surface area contributed by atoms with Gasteiger partial charge in [-0.05, 0) is 37.3 Å². The molecule has 0 heterocycles. The van der Waals surface area contributed by atoms with Crippen LogP contribution in [-0.4, -0.2) is 27.4 Å². The molecule has 2 unspecified atom stereocenters. The highest BCUT2D eigenvalue weighted by Gasteiger charge is 2.40. The minimum absolute atomic E-state index is 0.348. The molecule has 0 bridgehead atoms. The molecule has 21 heavy (non-hydrogen) atoms. The van der Waals surface area contributed by atoms with E-state index < -0.39 is 0 Å². The molecular formula is C18H29NO2. The fourth-order valence-corrected chi connectivity index (χ4v) is 3.65. The smallest absolute Gasteiger partial charge is 0.124 e. The second-order valence-electron chi connectivity index (χ2n) is 6.63. The summed E-state index contributed by atoms with van der Waals surface area (Å²) in [5.41, 5.74) is 1.66. The standard InChI is InChI=1S/C18H29NO2/c1-18(2)11-7-9-15(18)17(19-3)14-8-5-6-10-16(14)21-13-12-20-4/h5-6,8,10,15,17,19H,7,9,11-13H2,1-4H3. The number of hydrogen-bond acceptors (Lipinski definition) is 3. The van der Waals surface area contributed by atoms with Crippen LogP contribution < -0.4 is 10.1 Å². The largest absolute Gasteiger partial charge is 0.491 e. The highest BCUT2D eigenvalue weighted by molar-refractivity contribution is 5.36. The topological polar surface area (TPSA) is 30.5 Å². The maximum atomic E-state index is 5.92. The molecule has 1 aromatic carbocycles. The lowest BCUT2D eigenvalue weighted by Crippen LogP contribution is -2.32. The van der Waals surface area contributed by atoms with E-state index in [2.05, 4.69) is 44.4 Å². The Hall–Kier alpha value is -1.06. The van der Waals surface area contributed by atoms with Crippen LogP contribution in [0.4, 0.5) is 0 Å². The molecule has 1 N–H and O–H groups in total. The van der Waals surface area contributed by atoms with Gasteiger partial charge in [-0.1, -0.05) is 38.5 Å². The zero-order valence-corrected chi connectivity index (χ0v) is 13.8. The lowest BCUT2D eigenvalue weighted by molar-refractivity contribution is 0.143. The number of para-hydroxylation sites is 1. The molecule has 3 heteroatoms. The Bertz CT molecular complexity index is 445. The lowest BCUT2D eigenvalue weighted by Gasteiger charge is -2.35. The highest BCUT2D eigenvalue weighted by atomic mass is 16.5. The molecule has 1 aliphatic carbocycles. The maximum Gasteiger partial charge on any atom is 0.124 e. The monoisotopic (exact) mass is 291 g/mol. The van der Waals surface area contributed by atoms with Crippen LogP contribution in [-0.2, 0) is 4.74 Å². The van der Waals surface area contributed by atoms with Gasteiger partial charge in [-0.3, -0.25) is 0 Å². The van der Waals surface area contributed by atoms with Crippen LogP contribution >= 0.6 is 0 Å². The predicted octanol–water partition coefficient (Wildman–Crippen LogP) is 3.80. The van der Waals surface area contributed by atoms with Crippen LogP contribution in [0, 0.1) is 11.3 Å². The van der Waals surface area contributed by atoms with Crippen molar-refractivity contribution in [3.8, 4) is 5.75 Å². The first-order valence-electron chi connectivity index (χ1n) is 7.98. The molecule has 3 nitrogen and oxygen atoms in total. The molecule has 0 radical (unpaired) electrons. The number of methoxy groups -OCH3 is 1. The molecule has 0 amide bonds. The summed E-state index contributed by atoms with van der Waals surface area (Å²) in [6, 6.07) is 8.75. The summed E-state index contributed by atoms with van der Waals surface area (Å²) in [4.78, 5) is 0. The number of ether oxygens (including phenoxy) is 2. The van der Waals surface area contributed by atoms with Crippen molar-refractivity contribution in [1.29, 1.82) is 0 Å². The molecule has 1 fully saturated rings. The molecule has 118 valence electrons. The molecule has 2 rings (SSSR count). The highest BCUT2D eigenvalue weighted by Crippen LogP contribution is 2.49. The van der Waals surface area contributed by atoms with Gasteiger partial charge in [0.1, 0.15) is 12.4 Å². The van der Waals surface area contributed by atoms with Gasteiger partial charge in [-0.25, -0.2) is 0 Å². The maximum absolute atomic E-state index is 5.92. The summed E-state index contributed by atoms with van der Waals surface area (Å²) in [5.74, 6) is 1.63. The van der Waals surface area contributed by atoms with E-state index in [0.29, 0.717) is 30.6 Å². The summed E-state index contributed by atoms with van der Waals surface area (Å²) < 4.78 is 11.0. The Morgan fingerprint density at radius 3 is 2.67 bits per heavy atom. The first-order valence-corrected chi connectivity index (χ1v) is 7.98. The van der Waals surface area contributed by atoms with Gasteiger partial charge in [0.15, 0.2) is 0 Å².